The molecule has 0 fully saturated rings. The van der Waals surface area contributed by atoms with Crippen LogP contribution in [0.1, 0.15) is 67.9 Å². The molecule has 0 radical (unpaired) electrons. The van der Waals surface area contributed by atoms with E-state index in [0.29, 0.717) is 5.56 Å². The highest BCUT2D eigenvalue weighted by molar-refractivity contribution is 5.95. The molecule has 5 heteroatoms. The molecule has 0 spiro atoms. The van der Waals surface area contributed by atoms with Crippen LogP contribution in [0.5, 0.6) is 5.75 Å². The Morgan fingerprint density at radius 3 is 2.10 bits per heavy atom. The molecule has 3 N–H and O–H groups in total. The number of carbonyl (C=O) groups is 2. The predicted molar refractivity (Wildman–Crippen MR) is 80.4 cm³/mol. The highest BCUT2D eigenvalue weighted by atomic mass is 16.5. The molecule has 0 aliphatic carbocycles. The molecule has 0 saturated carbocycles. The lowest BCUT2D eigenvalue weighted by molar-refractivity contribution is -0.125. The molecule has 21 heavy (non-hydrogen) atoms. The minimum Gasteiger partial charge on any atom is -0.507 e. The van der Waals surface area contributed by atoms with E-state index in [-0.39, 0.29) is 23.1 Å². The second kappa shape index (κ2) is 6.61. The number of esters is 1. The van der Waals surface area contributed by atoms with Crippen molar-refractivity contribution in [3.05, 3.63) is 28.8 Å². The van der Waals surface area contributed by atoms with Crippen molar-refractivity contribution in [2.75, 3.05) is 0 Å². The molecule has 0 saturated heterocycles. The van der Waals surface area contributed by atoms with Gasteiger partial charge in [0.25, 0.3) is 5.91 Å². The molecule has 0 aromatic heterocycles. The molecule has 116 valence electrons. The Bertz CT molecular complexity index is 549. The van der Waals surface area contributed by atoms with Crippen LogP contribution in [-0.4, -0.2) is 23.1 Å². The van der Waals surface area contributed by atoms with Gasteiger partial charge in [-0.3, -0.25) is 4.79 Å². The normalized spacial score (nSPS) is 12.5. The molecule has 1 aromatic rings. The van der Waals surface area contributed by atoms with Gasteiger partial charge in [0.2, 0.25) is 0 Å². The van der Waals surface area contributed by atoms with Crippen LogP contribution in [0.3, 0.4) is 0 Å². The molecule has 1 aromatic carbocycles. The van der Waals surface area contributed by atoms with Gasteiger partial charge in [0.1, 0.15) is 11.3 Å². The van der Waals surface area contributed by atoms with Gasteiger partial charge in [-0.25, -0.2) is 4.79 Å². The number of nitrogens with two attached hydrogens (primary N) is 1. The monoisotopic (exact) mass is 293 g/mol. The van der Waals surface area contributed by atoms with Gasteiger partial charge in [-0.15, -0.1) is 0 Å². The quantitative estimate of drug-likeness (QED) is 0.817. The number of hydrogen-bond acceptors (Lipinski definition) is 4. The Hall–Kier alpha value is -2.04. The average Bonchev–Trinajstić information content (AvgIpc) is 2.37. The summed E-state index contributed by atoms with van der Waals surface area (Å²) in [5.74, 6) is -1.32. The molecule has 1 unspecified atom stereocenters. The zero-order valence-electron chi connectivity index (χ0n) is 13.1. The van der Waals surface area contributed by atoms with Crippen LogP contribution in [0.4, 0.5) is 0 Å². The van der Waals surface area contributed by atoms with Crippen LogP contribution < -0.4 is 5.73 Å². The first-order valence-electron chi connectivity index (χ1n) is 7.02. The van der Waals surface area contributed by atoms with E-state index >= 15 is 0 Å². The number of phenols is 1. The van der Waals surface area contributed by atoms with Crippen molar-refractivity contribution >= 4 is 11.9 Å². The summed E-state index contributed by atoms with van der Waals surface area (Å²) in [5, 5.41) is 10.3. The standard InChI is InChI=1S/C16H23NO4/c1-8(2)11-6-12(9(3)4)14(18)13(7-11)16(20)21-10(5)15(17)19/h6-10,18H,1-5H3,(H2,17,19). The lowest BCUT2D eigenvalue weighted by atomic mass is 9.92. The highest BCUT2D eigenvalue weighted by Gasteiger charge is 2.23. The van der Waals surface area contributed by atoms with Crippen molar-refractivity contribution in [3.63, 3.8) is 0 Å². The van der Waals surface area contributed by atoms with Gasteiger partial charge in [-0.05, 0) is 36.0 Å². The summed E-state index contributed by atoms with van der Waals surface area (Å²) in [7, 11) is 0. The molecule has 5 nitrogen and oxygen atoms in total. The van der Waals surface area contributed by atoms with E-state index in [1.807, 2.05) is 33.8 Å². The van der Waals surface area contributed by atoms with Crippen molar-refractivity contribution in [1.82, 2.24) is 0 Å². The van der Waals surface area contributed by atoms with Crippen molar-refractivity contribution in [3.8, 4) is 5.75 Å². The first-order valence-corrected chi connectivity index (χ1v) is 7.02. The van der Waals surface area contributed by atoms with E-state index in [1.54, 1.807) is 6.07 Å². The minimum atomic E-state index is -1.04. The van der Waals surface area contributed by atoms with Gasteiger partial charge in [-0.2, -0.15) is 0 Å². The van der Waals surface area contributed by atoms with Gasteiger partial charge >= 0.3 is 5.97 Å². The molecule has 1 rings (SSSR count). The molecule has 0 heterocycles. The number of phenolic OH excluding ortho intramolecular Hbond substituents is 1. The predicted octanol–water partition coefficient (Wildman–Crippen LogP) is 2.67. The third kappa shape index (κ3) is 3.97. The van der Waals surface area contributed by atoms with E-state index in [4.69, 9.17) is 10.5 Å². The van der Waals surface area contributed by atoms with E-state index in [9.17, 15) is 14.7 Å². The molecule has 0 aliphatic heterocycles. The van der Waals surface area contributed by atoms with Gasteiger partial charge in [0, 0.05) is 0 Å². The molecule has 1 atom stereocenters. The van der Waals surface area contributed by atoms with Crippen LogP contribution >= 0.6 is 0 Å². The SMILES string of the molecule is CC(OC(=O)c1cc(C(C)C)cc(C(C)C)c1O)C(N)=O. The maximum atomic E-state index is 12.1. The highest BCUT2D eigenvalue weighted by Crippen LogP contribution is 2.33. The smallest absolute Gasteiger partial charge is 0.342 e. The van der Waals surface area contributed by atoms with Crippen molar-refractivity contribution < 1.29 is 19.4 Å². The van der Waals surface area contributed by atoms with Crippen LogP contribution in [-0.2, 0) is 9.53 Å². The van der Waals surface area contributed by atoms with E-state index in [2.05, 4.69) is 0 Å². The fourth-order valence-corrected chi connectivity index (χ4v) is 1.89. The summed E-state index contributed by atoms with van der Waals surface area (Å²) in [4.78, 5) is 23.1. The Kier molecular flexibility index (Phi) is 5.35. The van der Waals surface area contributed by atoms with Crippen LogP contribution in [0, 0.1) is 0 Å². The second-order valence-electron chi connectivity index (χ2n) is 5.77. The lowest BCUT2D eigenvalue weighted by Crippen LogP contribution is -2.30. The summed E-state index contributed by atoms with van der Waals surface area (Å²) >= 11 is 0. The van der Waals surface area contributed by atoms with Crippen molar-refractivity contribution in [1.29, 1.82) is 0 Å². The molecular formula is C16H23NO4. The average molecular weight is 293 g/mol. The number of aromatic hydroxyl groups is 1. The van der Waals surface area contributed by atoms with Crippen molar-refractivity contribution in [2.24, 2.45) is 5.73 Å². The number of hydrogen-bond donors (Lipinski definition) is 2. The first-order chi connectivity index (χ1) is 9.65. The first kappa shape index (κ1) is 17.0. The third-order valence-electron chi connectivity index (χ3n) is 3.35. The van der Waals surface area contributed by atoms with E-state index < -0.39 is 18.0 Å². The number of benzene rings is 1. The largest absolute Gasteiger partial charge is 0.507 e. The Morgan fingerprint density at radius 2 is 1.67 bits per heavy atom. The summed E-state index contributed by atoms with van der Waals surface area (Å²) in [6.07, 6.45) is -1.04. The summed E-state index contributed by atoms with van der Waals surface area (Å²) in [6.45, 7) is 9.25. The lowest BCUT2D eigenvalue weighted by Gasteiger charge is -2.17. The topological polar surface area (TPSA) is 89.6 Å². The number of ether oxygens (including phenoxy) is 1. The molecule has 0 bridgehead atoms. The summed E-state index contributed by atoms with van der Waals surface area (Å²) in [6, 6.07) is 3.49. The van der Waals surface area contributed by atoms with E-state index in [1.165, 1.54) is 6.92 Å². The number of carbonyl (C=O) groups excluding carboxylic acids is 2. The van der Waals surface area contributed by atoms with Gasteiger partial charge in [-0.1, -0.05) is 33.8 Å². The van der Waals surface area contributed by atoms with Gasteiger partial charge in [0.15, 0.2) is 6.10 Å². The molecular weight excluding hydrogens is 270 g/mol. The number of amides is 1. The van der Waals surface area contributed by atoms with Crippen LogP contribution in [0.2, 0.25) is 0 Å². The fraction of sp³-hybridized carbons (Fsp3) is 0.500. The number of rotatable bonds is 5. The maximum Gasteiger partial charge on any atom is 0.342 e. The zero-order chi connectivity index (χ0) is 16.3. The Morgan fingerprint density at radius 1 is 1.10 bits per heavy atom. The summed E-state index contributed by atoms with van der Waals surface area (Å²) < 4.78 is 4.97. The maximum absolute atomic E-state index is 12.1. The second-order valence-corrected chi connectivity index (χ2v) is 5.77. The van der Waals surface area contributed by atoms with Crippen LogP contribution in [0.25, 0.3) is 0 Å². The van der Waals surface area contributed by atoms with Crippen molar-refractivity contribution in [2.45, 2.75) is 52.6 Å². The van der Waals surface area contributed by atoms with Crippen LogP contribution in [0.15, 0.2) is 12.1 Å². The fourth-order valence-electron chi connectivity index (χ4n) is 1.89. The number of primary amides is 1. The molecule has 1 amide bonds. The Labute approximate surface area is 125 Å². The minimum absolute atomic E-state index is 0.0591. The zero-order valence-corrected chi connectivity index (χ0v) is 13.1. The van der Waals surface area contributed by atoms with Gasteiger partial charge < -0.3 is 15.6 Å². The molecule has 0 aliphatic rings. The summed E-state index contributed by atoms with van der Waals surface area (Å²) in [5.41, 5.74) is 6.75. The van der Waals surface area contributed by atoms with E-state index in [0.717, 1.165) is 5.56 Å². The third-order valence-corrected chi connectivity index (χ3v) is 3.35. The Balaban J connectivity index is 3.27. The van der Waals surface area contributed by atoms with Gasteiger partial charge in [0.05, 0.1) is 0 Å².